The first-order chi connectivity index (χ1) is 17.3. The number of nitrogens with one attached hydrogen (secondary N) is 1. The van der Waals surface area contributed by atoms with Gasteiger partial charge in [-0.2, -0.15) is 4.98 Å². The molecule has 1 atom stereocenters. The molecule has 2 heterocycles. The van der Waals surface area contributed by atoms with Crippen LogP contribution < -0.4 is 15.0 Å². The summed E-state index contributed by atoms with van der Waals surface area (Å²) in [6, 6.07) is 16.0. The van der Waals surface area contributed by atoms with Crippen molar-refractivity contribution in [2.24, 2.45) is 5.41 Å². The van der Waals surface area contributed by atoms with Gasteiger partial charge in [0.05, 0.1) is 6.61 Å². The fourth-order valence-electron chi connectivity index (χ4n) is 5.36. The molecule has 0 radical (unpaired) electrons. The lowest BCUT2D eigenvalue weighted by atomic mass is 9.73. The van der Waals surface area contributed by atoms with Crippen LogP contribution in [-0.2, 0) is 4.79 Å². The molecule has 0 saturated heterocycles. The van der Waals surface area contributed by atoms with Gasteiger partial charge in [-0.05, 0) is 74.6 Å². The van der Waals surface area contributed by atoms with Crippen molar-refractivity contribution in [3.05, 3.63) is 65.4 Å². The largest absolute Gasteiger partial charge is 0.494 e. The Morgan fingerprint density at radius 3 is 2.36 bits per heavy atom. The van der Waals surface area contributed by atoms with E-state index in [0.717, 1.165) is 47.7 Å². The van der Waals surface area contributed by atoms with Gasteiger partial charge in [-0.15, -0.1) is 5.10 Å². The summed E-state index contributed by atoms with van der Waals surface area (Å²) in [5.41, 5.74) is 4.78. The topological polar surface area (TPSA) is 72.3 Å². The van der Waals surface area contributed by atoms with E-state index in [1.165, 1.54) is 5.69 Å². The zero-order valence-electron chi connectivity index (χ0n) is 21.8. The summed E-state index contributed by atoms with van der Waals surface area (Å²) >= 11 is 0. The summed E-state index contributed by atoms with van der Waals surface area (Å²) < 4.78 is 7.52. The zero-order chi connectivity index (χ0) is 25.4. The number of hydrogen-bond acceptors (Lipinski definition) is 6. The number of Topliss-reactive ketones (excluding diaryl/α,β-unsaturated/α-hetero) is 1. The molecule has 0 amide bonds. The van der Waals surface area contributed by atoms with Crippen molar-refractivity contribution in [3.8, 4) is 17.1 Å². The number of hydrogen-bond donors (Lipinski definition) is 1. The van der Waals surface area contributed by atoms with Gasteiger partial charge >= 0.3 is 0 Å². The van der Waals surface area contributed by atoms with Gasteiger partial charge in [-0.1, -0.05) is 26.0 Å². The van der Waals surface area contributed by atoms with Crippen LogP contribution in [0.25, 0.3) is 11.4 Å². The Balaban J connectivity index is 1.57. The third-order valence-corrected chi connectivity index (χ3v) is 7.09. The average Bonchev–Trinajstić information content (AvgIpc) is 3.28. The molecule has 188 valence electrons. The number of allylic oxidation sites excluding steroid dienone is 2. The number of rotatable bonds is 7. The summed E-state index contributed by atoms with van der Waals surface area (Å²) in [6.07, 6.45) is 1.31. The van der Waals surface area contributed by atoms with Crippen LogP contribution in [0.15, 0.2) is 59.8 Å². The summed E-state index contributed by atoms with van der Waals surface area (Å²) in [7, 11) is 0. The maximum absolute atomic E-state index is 13.5. The fraction of sp³-hybridized carbons (Fsp3) is 0.414. The van der Waals surface area contributed by atoms with Gasteiger partial charge in [0.25, 0.3) is 0 Å². The van der Waals surface area contributed by atoms with E-state index in [1.807, 2.05) is 35.9 Å². The number of ketones is 1. The van der Waals surface area contributed by atoms with Crippen molar-refractivity contribution in [1.29, 1.82) is 0 Å². The lowest BCUT2D eigenvalue weighted by Gasteiger charge is -2.38. The number of carbonyl (C=O) groups excluding carboxylic acids is 1. The molecular weight excluding hydrogens is 450 g/mol. The van der Waals surface area contributed by atoms with Crippen molar-refractivity contribution in [1.82, 2.24) is 14.8 Å². The Morgan fingerprint density at radius 2 is 1.72 bits per heavy atom. The van der Waals surface area contributed by atoms with Gasteiger partial charge in [0.2, 0.25) is 5.95 Å². The highest BCUT2D eigenvalue weighted by molar-refractivity contribution is 6.00. The normalized spacial score (nSPS) is 18.4. The summed E-state index contributed by atoms with van der Waals surface area (Å²) in [5, 5.41) is 8.40. The molecule has 1 unspecified atom stereocenters. The van der Waals surface area contributed by atoms with Gasteiger partial charge in [-0.3, -0.25) is 4.79 Å². The van der Waals surface area contributed by atoms with Gasteiger partial charge in [0.15, 0.2) is 11.6 Å². The van der Waals surface area contributed by atoms with E-state index in [-0.39, 0.29) is 17.2 Å². The van der Waals surface area contributed by atoms with Crippen LogP contribution in [0.2, 0.25) is 0 Å². The Kier molecular flexibility index (Phi) is 6.33. The Labute approximate surface area is 213 Å². The molecule has 1 N–H and O–H groups in total. The number of anilines is 2. The zero-order valence-corrected chi connectivity index (χ0v) is 21.8. The molecule has 5 rings (SSSR count). The number of benzene rings is 2. The van der Waals surface area contributed by atoms with E-state index in [0.29, 0.717) is 24.8 Å². The summed E-state index contributed by atoms with van der Waals surface area (Å²) in [4.78, 5) is 20.6. The minimum absolute atomic E-state index is 0.0996. The van der Waals surface area contributed by atoms with Crippen molar-refractivity contribution in [3.63, 3.8) is 0 Å². The van der Waals surface area contributed by atoms with Crippen molar-refractivity contribution < 1.29 is 9.53 Å². The minimum Gasteiger partial charge on any atom is -0.494 e. The van der Waals surface area contributed by atoms with E-state index in [2.05, 4.69) is 62.2 Å². The highest BCUT2D eigenvalue weighted by Crippen LogP contribution is 2.45. The number of fused-ring (bicyclic) bond motifs is 1. The van der Waals surface area contributed by atoms with Crippen LogP contribution in [0.1, 0.15) is 59.1 Å². The molecule has 0 bridgehead atoms. The van der Waals surface area contributed by atoms with Crippen LogP contribution in [-0.4, -0.2) is 40.2 Å². The summed E-state index contributed by atoms with van der Waals surface area (Å²) in [6.45, 7) is 13.1. The summed E-state index contributed by atoms with van der Waals surface area (Å²) in [5.74, 6) is 2.29. The lowest BCUT2D eigenvalue weighted by molar-refractivity contribution is -0.118. The minimum atomic E-state index is -0.327. The predicted molar refractivity (Wildman–Crippen MR) is 143 cm³/mol. The maximum Gasteiger partial charge on any atom is 0.226 e. The van der Waals surface area contributed by atoms with Gasteiger partial charge in [0.1, 0.15) is 11.8 Å². The molecule has 0 spiro atoms. The fourth-order valence-corrected chi connectivity index (χ4v) is 5.36. The van der Waals surface area contributed by atoms with E-state index in [4.69, 9.17) is 14.8 Å². The molecule has 2 aromatic carbocycles. The third-order valence-electron chi connectivity index (χ3n) is 7.09. The van der Waals surface area contributed by atoms with Crippen LogP contribution in [0.5, 0.6) is 5.75 Å². The van der Waals surface area contributed by atoms with Gasteiger partial charge in [-0.25, -0.2) is 4.68 Å². The molecule has 1 aliphatic heterocycles. The second kappa shape index (κ2) is 9.45. The number of aromatic nitrogens is 3. The highest BCUT2D eigenvalue weighted by atomic mass is 16.5. The van der Waals surface area contributed by atoms with Crippen molar-refractivity contribution in [2.45, 2.75) is 53.5 Å². The van der Waals surface area contributed by atoms with Crippen LogP contribution in [0, 0.1) is 5.41 Å². The molecule has 7 nitrogen and oxygen atoms in total. The van der Waals surface area contributed by atoms with Gasteiger partial charge in [0, 0.05) is 42.0 Å². The number of nitrogens with zero attached hydrogens (tertiary/aromatic N) is 4. The van der Waals surface area contributed by atoms with Crippen molar-refractivity contribution >= 4 is 17.4 Å². The van der Waals surface area contributed by atoms with Crippen LogP contribution >= 0.6 is 0 Å². The molecular formula is C29H35N5O2. The molecule has 0 saturated carbocycles. The van der Waals surface area contributed by atoms with E-state index in [9.17, 15) is 4.79 Å². The Morgan fingerprint density at radius 1 is 1.03 bits per heavy atom. The van der Waals surface area contributed by atoms with Crippen LogP contribution in [0.4, 0.5) is 11.6 Å². The predicted octanol–water partition coefficient (Wildman–Crippen LogP) is 5.85. The van der Waals surface area contributed by atoms with E-state index < -0.39 is 0 Å². The second-order valence-electron chi connectivity index (χ2n) is 10.3. The maximum atomic E-state index is 13.5. The Bertz CT molecular complexity index is 1280. The first-order valence-corrected chi connectivity index (χ1v) is 12.9. The van der Waals surface area contributed by atoms with Crippen LogP contribution in [0.3, 0.4) is 0 Å². The quantitative estimate of drug-likeness (QED) is 0.453. The first kappa shape index (κ1) is 24.1. The highest BCUT2D eigenvalue weighted by Gasteiger charge is 2.41. The van der Waals surface area contributed by atoms with Gasteiger partial charge < -0.3 is 15.0 Å². The molecule has 2 aliphatic rings. The monoisotopic (exact) mass is 485 g/mol. The molecule has 3 aromatic rings. The molecule has 7 heteroatoms. The molecule has 0 fully saturated rings. The molecule has 1 aromatic heterocycles. The smallest absolute Gasteiger partial charge is 0.226 e. The Hall–Kier alpha value is -3.61. The number of ether oxygens (including phenoxy) is 1. The average molecular weight is 486 g/mol. The third kappa shape index (κ3) is 4.38. The van der Waals surface area contributed by atoms with E-state index >= 15 is 0 Å². The van der Waals surface area contributed by atoms with Crippen molar-refractivity contribution in [2.75, 3.05) is 29.9 Å². The standard InChI is InChI=1S/C29H35N5O2/c1-6-33(7-2)21-13-9-20(10-14-21)27-31-28-30-23-17-29(4,5)18-24(35)25(23)26(34(28)32-27)19-11-15-22(16-12-19)36-8-3/h9-16,26H,6-8,17-18H2,1-5H3,(H,30,31,32). The SMILES string of the molecule is CCOc1ccc(C2C3=C(CC(C)(C)CC3=O)Nc3nc(-c4ccc(N(CC)CC)cc4)nn32)cc1. The lowest BCUT2D eigenvalue weighted by Crippen LogP contribution is -2.36. The second-order valence-corrected chi connectivity index (χ2v) is 10.3. The number of carbonyl (C=O) groups is 1. The van der Waals surface area contributed by atoms with E-state index in [1.54, 1.807) is 0 Å². The molecule has 1 aliphatic carbocycles. The first-order valence-electron chi connectivity index (χ1n) is 12.9. The molecule has 36 heavy (non-hydrogen) atoms.